The van der Waals surface area contributed by atoms with Gasteiger partial charge in [-0.05, 0) is 37.0 Å². The summed E-state index contributed by atoms with van der Waals surface area (Å²) in [6.45, 7) is 3.14. The lowest BCUT2D eigenvalue weighted by Gasteiger charge is -2.19. The summed E-state index contributed by atoms with van der Waals surface area (Å²) in [5, 5.41) is 5.06. The number of halogens is 1. The molecule has 21 heavy (non-hydrogen) atoms. The Hall–Kier alpha value is -1.17. The second kappa shape index (κ2) is 7.73. The summed E-state index contributed by atoms with van der Waals surface area (Å²) in [6.07, 6.45) is 0. The van der Waals surface area contributed by atoms with Gasteiger partial charge in [0.1, 0.15) is 0 Å². The maximum atomic E-state index is 12.1. The van der Waals surface area contributed by atoms with Crippen molar-refractivity contribution in [2.75, 3.05) is 13.6 Å². The Morgan fingerprint density at radius 3 is 2.76 bits per heavy atom. The average molecular weight is 367 g/mol. The molecule has 0 saturated heterocycles. The molecule has 0 aliphatic heterocycles. The molecule has 5 heteroatoms. The fraction of sp³-hybridized carbons (Fsp3) is 0.312. The van der Waals surface area contributed by atoms with Gasteiger partial charge in [0.05, 0.1) is 12.6 Å². The van der Waals surface area contributed by atoms with Gasteiger partial charge in [-0.2, -0.15) is 0 Å². The molecule has 0 bridgehead atoms. The number of amides is 1. The summed E-state index contributed by atoms with van der Waals surface area (Å²) >= 11 is 5.19. The summed E-state index contributed by atoms with van der Waals surface area (Å²) in [5.74, 6) is 0.0467. The molecule has 1 aromatic carbocycles. The SMILES string of the molecule is CC(NC(=O)CN(C)Cc1ccccc1Br)c1cccs1. The van der Waals surface area contributed by atoms with Crippen molar-refractivity contribution in [3.05, 3.63) is 56.7 Å². The maximum absolute atomic E-state index is 12.1. The van der Waals surface area contributed by atoms with Crippen LogP contribution in [0.25, 0.3) is 0 Å². The number of rotatable bonds is 6. The van der Waals surface area contributed by atoms with Crippen molar-refractivity contribution < 1.29 is 4.79 Å². The molecule has 0 radical (unpaired) electrons. The fourth-order valence-corrected chi connectivity index (χ4v) is 3.26. The Morgan fingerprint density at radius 1 is 1.33 bits per heavy atom. The molecule has 0 aliphatic rings. The highest BCUT2D eigenvalue weighted by Gasteiger charge is 2.13. The quantitative estimate of drug-likeness (QED) is 0.842. The van der Waals surface area contributed by atoms with Crippen LogP contribution in [0.4, 0.5) is 0 Å². The Kier molecular flexibility index (Phi) is 5.96. The number of benzene rings is 1. The van der Waals surface area contributed by atoms with Gasteiger partial charge < -0.3 is 5.32 Å². The molecule has 1 amide bonds. The Labute approximate surface area is 138 Å². The predicted molar refractivity (Wildman–Crippen MR) is 91.4 cm³/mol. The number of nitrogens with one attached hydrogen (secondary N) is 1. The maximum Gasteiger partial charge on any atom is 0.234 e. The van der Waals surface area contributed by atoms with Gasteiger partial charge in [-0.1, -0.05) is 40.2 Å². The van der Waals surface area contributed by atoms with E-state index >= 15 is 0 Å². The molecule has 1 atom stereocenters. The van der Waals surface area contributed by atoms with Crippen LogP contribution in [-0.4, -0.2) is 24.4 Å². The molecule has 0 spiro atoms. The van der Waals surface area contributed by atoms with E-state index in [9.17, 15) is 4.79 Å². The van der Waals surface area contributed by atoms with Crippen molar-refractivity contribution in [3.63, 3.8) is 0 Å². The first kappa shape index (κ1) is 16.2. The molecule has 1 N–H and O–H groups in total. The number of carbonyl (C=O) groups is 1. The number of thiophene rings is 1. The number of carbonyl (C=O) groups excluding carboxylic acids is 1. The lowest BCUT2D eigenvalue weighted by Crippen LogP contribution is -2.36. The Morgan fingerprint density at radius 2 is 2.10 bits per heavy atom. The van der Waals surface area contributed by atoms with Crippen molar-refractivity contribution >= 4 is 33.2 Å². The van der Waals surface area contributed by atoms with Gasteiger partial charge in [0.25, 0.3) is 0 Å². The summed E-state index contributed by atoms with van der Waals surface area (Å²) in [4.78, 5) is 15.3. The van der Waals surface area contributed by atoms with E-state index in [0.717, 1.165) is 11.0 Å². The van der Waals surface area contributed by atoms with E-state index in [1.165, 1.54) is 10.4 Å². The predicted octanol–water partition coefficient (Wildman–Crippen LogP) is 3.82. The summed E-state index contributed by atoms with van der Waals surface area (Å²) in [6, 6.07) is 12.2. The zero-order chi connectivity index (χ0) is 15.2. The second-order valence-electron chi connectivity index (χ2n) is 5.07. The molecule has 2 aromatic rings. The van der Waals surface area contributed by atoms with E-state index in [4.69, 9.17) is 0 Å². The van der Waals surface area contributed by atoms with Gasteiger partial charge in [-0.25, -0.2) is 0 Å². The van der Waals surface area contributed by atoms with E-state index < -0.39 is 0 Å². The monoisotopic (exact) mass is 366 g/mol. The number of hydrogen-bond donors (Lipinski definition) is 1. The number of hydrogen-bond acceptors (Lipinski definition) is 3. The van der Waals surface area contributed by atoms with Crippen LogP contribution in [0.2, 0.25) is 0 Å². The number of nitrogens with zero attached hydrogens (tertiary/aromatic N) is 1. The molecule has 0 saturated carbocycles. The van der Waals surface area contributed by atoms with E-state index in [1.807, 2.05) is 54.6 Å². The van der Waals surface area contributed by atoms with Crippen LogP contribution in [0.1, 0.15) is 23.4 Å². The van der Waals surface area contributed by atoms with Crippen LogP contribution >= 0.6 is 27.3 Å². The van der Waals surface area contributed by atoms with Crippen molar-refractivity contribution in [1.29, 1.82) is 0 Å². The van der Waals surface area contributed by atoms with Crippen LogP contribution in [0.5, 0.6) is 0 Å². The fourth-order valence-electron chi connectivity index (χ4n) is 2.11. The third kappa shape index (κ3) is 4.95. The zero-order valence-electron chi connectivity index (χ0n) is 12.2. The largest absolute Gasteiger partial charge is 0.348 e. The molecule has 2 rings (SSSR count). The van der Waals surface area contributed by atoms with E-state index in [0.29, 0.717) is 6.54 Å². The molecule has 1 heterocycles. The summed E-state index contributed by atoms with van der Waals surface area (Å²) < 4.78 is 1.07. The highest BCUT2D eigenvalue weighted by Crippen LogP contribution is 2.19. The van der Waals surface area contributed by atoms with Crippen LogP contribution < -0.4 is 5.32 Å². The Balaban J connectivity index is 1.83. The van der Waals surface area contributed by atoms with Gasteiger partial charge in [0, 0.05) is 15.9 Å². The van der Waals surface area contributed by atoms with Crippen LogP contribution in [-0.2, 0) is 11.3 Å². The van der Waals surface area contributed by atoms with E-state index in [1.54, 1.807) is 11.3 Å². The van der Waals surface area contributed by atoms with Gasteiger partial charge in [0.2, 0.25) is 5.91 Å². The van der Waals surface area contributed by atoms with Gasteiger partial charge >= 0.3 is 0 Å². The van der Waals surface area contributed by atoms with Crippen LogP contribution in [0.15, 0.2) is 46.3 Å². The highest BCUT2D eigenvalue weighted by molar-refractivity contribution is 9.10. The molecule has 0 fully saturated rings. The number of likely N-dealkylation sites (N-methyl/N-ethyl adjacent to an activating group) is 1. The molecule has 1 unspecified atom stereocenters. The first-order valence-electron chi connectivity index (χ1n) is 6.81. The van der Waals surface area contributed by atoms with E-state index in [2.05, 4.69) is 27.3 Å². The summed E-state index contributed by atoms with van der Waals surface area (Å²) in [5.41, 5.74) is 1.18. The van der Waals surface area contributed by atoms with Crippen LogP contribution in [0.3, 0.4) is 0 Å². The molecular weight excluding hydrogens is 348 g/mol. The molecule has 1 aromatic heterocycles. The van der Waals surface area contributed by atoms with Crippen molar-refractivity contribution in [3.8, 4) is 0 Å². The zero-order valence-corrected chi connectivity index (χ0v) is 14.6. The third-order valence-corrected chi connectivity index (χ3v) is 4.99. The molecule has 0 aliphatic carbocycles. The lowest BCUT2D eigenvalue weighted by atomic mass is 10.2. The van der Waals surface area contributed by atoms with Crippen molar-refractivity contribution in [2.24, 2.45) is 0 Å². The van der Waals surface area contributed by atoms with E-state index in [-0.39, 0.29) is 11.9 Å². The topological polar surface area (TPSA) is 32.3 Å². The van der Waals surface area contributed by atoms with Gasteiger partial charge in [0.15, 0.2) is 0 Å². The van der Waals surface area contributed by atoms with Crippen LogP contribution in [0, 0.1) is 0 Å². The minimum absolute atomic E-state index is 0.0467. The molecule has 112 valence electrons. The minimum atomic E-state index is 0.0467. The smallest absolute Gasteiger partial charge is 0.234 e. The lowest BCUT2D eigenvalue weighted by molar-refractivity contribution is -0.122. The highest BCUT2D eigenvalue weighted by atomic mass is 79.9. The normalized spacial score (nSPS) is 12.4. The average Bonchev–Trinajstić information content (AvgIpc) is 2.95. The molecule has 3 nitrogen and oxygen atoms in total. The van der Waals surface area contributed by atoms with Gasteiger partial charge in [-0.15, -0.1) is 11.3 Å². The Bertz CT molecular complexity index is 586. The first-order chi connectivity index (χ1) is 10.1. The molecular formula is C16H19BrN2OS. The third-order valence-electron chi connectivity index (χ3n) is 3.16. The van der Waals surface area contributed by atoms with Crippen molar-refractivity contribution in [1.82, 2.24) is 10.2 Å². The summed E-state index contributed by atoms with van der Waals surface area (Å²) in [7, 11) is 1.95. The van der Waals surface area contributed by atoms with Gasteiger partial charge in [-0.3, -0.25) is 9.69 Å². The first-order valence-corrected chi connectivity index (χ1v) is 8.48. The minimum Gasteiger partial charge on any atom is -0.348 e. The van der Waals surface area contributed by atoms with Crippen molar-refractivity contribution in [2.45, 2.75) is 19.5 Å². The standard InChI is InChI=1S/C16H19BrN2OS/c1-12(15-8-5-9-21-15)18-16(20)11-19(2)10-13-6-3-4-7-14(13)17/h3-9,12H,10-11H2,1-2H3,(H,18,20). The second-order valence-corrected chi connectivity index (χ2v) is 6.90.